The van der Waals surface area contributed by atoms with Crippen LogP contribution in [0, 0.1) is 0 Å². The van der Waals surface area contributed by atoms with Gasteiger partial charge in [0, 0.05) is 17.6 Å². The van der Waals surface area contributed by atoms with Crippen molar-refractivity contribution in [2.45, 2.75) is 46.4 Å². The number of halogens is 2. The summed E-state index contributed by atoms with van der Waals surface area (Å²) in [6.45, 7) is 5.47. The molecule has 0 aliphatic carbocycles. The number of hydrogen-bond donors (Lipinski definition) is 3. The molecule has 0 aliphatic heterocycles. The average molecular weight is 356 g/mol. The van der Waals surface area contributed by atoms with Crippen molar-refractivity contribution in [1.82, 2.24) is 16.0 Å². The summed E-state index contributed by atoms with van der Waals surface area (Å²) in [6.07, 6.45) is 0. The molecule has 1 aromatic carbocycles. The normalized spacial score (nSPS) is 12.0. The maximum Gasteiger partial charge on any atom is 0.387 e. The van der Waals surface area contributed by atoms with E-state index in [0.717, 1.165) is 0 Å². The van der Waals surface area contributed by atoms with Crippen LogP contribution < -0.4 is 20.7 Å². The van der Waals surface area contributed by atoms with Crippen LogP contribution in [0.4, 0.5) is 8.78 Å². The van der Waals surface area contributed by atoms with Crippen molar-refractivity contribution in [1.29, 1.82) is 0 Å². The zero-order valence-corrected chi connectivity index (χ0v) is 15.0. The van der Waals surface area contributed by atoms with E-state index >= 15 is 0 Å². The van der Waals surface area contributed by atoms with E-state index in [1.165, 1.54) is 6.07 Å². The molecule has 0 unspecified atom stereocenters. The van der Waals surface area contributed by atoms with Gasteiger partial charge in [-0.25, -0.2) is 4.99 Å². The van der Waals surface area contributed by atoms with E-state index in [-0.39, 0.29) is 30.3 Å². The third kappa shape index (κ3) is 8.88. The Kier molecular flexibility index (Phi) is 8.10. The summed E-state index contributed by atoms with van der Waals surface area (Å²) in [5, 5.41) is 8.75. The molecular formula is C17H26F2N4O2. The third-order valence-corrected chi connectivity index (χ3v) is 2.87. The molecule has 0 saturated heterocycles. The summed E-state index contributed by atoms with van der Waals surface area (Å²) in [4.78, 5) is 16.2. The number of amides is 1. The van der Waals surface area contributed by atoms with Gasteiger partial charge in [-0.3, -0.25) is 4.79 Å². The smallest absolute Gasteiger partial charge is 0.387 e. The van der Waals surface area contributed by atoms with Crippen LogP contribution in [-0.4, -0.2) is 37.1 Å². The molecule has 0 radical (unpaired) electrons. The Morgan fingerprint density at radius 2 is 1.92 bits per heavy atom. The Balaban J connectivity index is 2.71. The molecule has 0 spiro atoms. The van der Waals surface area contributed by atoms with Gasteiger partial charge in [0.15, 0.2) is 5.96 Å². The van der Waals surface area contributed by atoms with Gasteiger partial charge in [-0.05, 0) is 33.8 Å². The highest BCUT2D eigenvalue weighted by Crippen LogP contribution is 2.20. The number of para-hydroxylation sites is 1. The first-order valence-electron chi connectivity index (χ1n) is 8.07. The minimum Gasteiger partial charge on any atom is -0.434 e. The maximum absolute atomic E-state index is 12.4. The lowest BCUT2D eigenvalue weighted by molar-refractivity contribution is -0.121. The average Bonchev–Trinajstić information content (AvgIpc) is 2.49. The van der Waals surface area contributed by atoms with Crippen LogP contribution in [0.2, 0.25) is 0 Å². The summed E-state index contributed by atoms with van der Waals surface area (Å²) in [5.74, 6) is 0.334. The van der Waals surface area contributed by atoms with Crippen molar-refractivity contribution in [3.63, 3.8) is 0 Å². The maximum atomic E-state index is 12.4. The molecule has 0 fully saturated rings. The second kappa shape index (κ2) is 9.80. The molecule has 25 heavy (non-hydrogen) atoms. The van der Waals surface area contributed by atoms with Crippen molar-refractivity contribution < 1.29 is 18.3 Å². The highest BCUT2D eigenvalue weighted by atomic mass is 19.3. The number of benzene rings is 1. The van der Waals surface area contributed by atoms with Gasteiger partial charge in [0.25, 0.3) is 0 Å². The Bertz CT molecular complexity index is 586. The van der Waals surface area contributed by atoms with Crippen LogP contribution in [0.3, 0.4) is 0 Å². The molecule has 1 rings (SSSR count). The molecule has 0 aliphatic rings. The van der Waals surface area contributed by atoms with Gasteiger partial charge in [-0.2, -0.15) is 8.78 Å². The molecule has 0 saturated carbocycles. The monoisotopic (exact) mass is 356 g/mol. The van der Waals surface area contributed by atoms with Gasteiger partial charge in [-0.15, -0.1) is 0 Å². The summed E-state index contributed by atoms with van der Waals surface area (Å²) in [7, 11) is 0. The number of carbonyl (C=O) groups excluding carboxylic acids is 1. The second-order valence-corrected chi connectivity index (χ2v) is 6.33. The molecule has 0 heterocycles. The molecule has 0 aromatic heterocycles. The van der Waals surface area contributed by atoms with Gasteiger partial charge < -0.3 is 20.7 Å². The zero-order valence-electron chi connectivity index (χ0n) is 15.0. The van der Waals surface area contributed by atoms with Crippen LogP contribution in [0.15, 0.2) is 29.3 Å². The third-order valence-electron chi connectivity index (χ3n) is 2.87. The number of ether oxygens (including phenoxy) is 1. The summed E-state index contributed by atoms with van der Waals surface area (Å²) < 4.78 is 29.4. The number of hydrogen-bond acceptors (Lipinski definition) is 3. The topological polar surface area (TPSA) is 74.8 Å². The van der Waals surface area contributed by atoms with Crippen LogP contribution in [0.5, 0.6) is 5.75 Å². The molecule has 6 nitrogen and oxygen atoms in total. The van der Waals surface area contributed by atoms with Crippen LogP contribution in [-0.2, 0) is 11.3 Å². The lowest BCUT2D eigenvalue weighted by atomic mass is 10.1. The summed E-state index contributed by atoms with van der Waals surface area (Å²) in [6, 6.07) is 6.47. The van der Waals surface area contributed by atoms with Gasteiger partial charge >= 0.3 is 6.61 Å². The molecule has 0 bridgehead atoms. The summed E-state index contributed by atoms with van der Waals surface area (Å²) in [5.41, 5.74) is 0.207. The largest absolute Gasteiger partial charge is 0.434 e. The van der Waals surface area contributed by atoms with E-state index < -0.39 is 6.61 Å². The first-order valence-corrected chi connectivity index (χ1v) is 8.07. The fourth-order valence-corrected chi connectivity index (χ4v) is 1.98. The van der Waals surface area contributed by atoms with Crippen LogP contribution in [0.1, 0.15) is 33.3 Å². The molecule has 1 aromatic rings. The van der Waals surface area contributed by atoms with Crippen molar-refractivity contribution in [2.24, 2.45) is 4.99 Å². The number of rotatable bonds is 7. The highest BCUT2D eigenvalue weighted by molar-refractivity contribution is 5.86. The number of alkyl halides is 2. The quantitative estimate of drug-likeness (QED) is 0.517. The van der Waals surface area contributed by atoms with Crippen molar-refractivity contribution in [3.8, 4) is 5.75 Å². The van der Waals surface area contributed by atoms with Crippen molar-refractivity contribution in [2.75, 3.05) is 13.1 Å². The van der Waals surface area contributed by atoms with E-state index in [1.54, 1.807) is 18.2 Å². The number of aliphatic imine (C=N–C) groups is 1. The number of carbonyl (C=O) groups is 1. The lowest BCUT2D eigenvalue weighted by Crippen LogP contribution is -2.48. The summed E-state index contributed by atoms with van der Waals surface area (Å²) >= 11 is 0. The Labute approximate surface area is 147 Å². The fraction of sp³-hybridized carbons (Fsp3) is 0.529. The lowest BCUT2D eigenvalue weighted by Gasteiger charge is -2.21. The van der Waals surface area contributed by atoms with Gasteiger partial charge in [-0.1, -0.05) is 18.2 Å². The number of guanidine groups is 1. The Morgan fingerprint density at radius 1 is 1.24 bits per heavy atom. The van der Waals surface area contributed by atoms with Crippen molar-refractivity contribution >= 4 is 11.9 Å². The van der Waals surface area contributed by atoms with Gasteiger partial charge in [0.05, 0.1) is 13.1 Å². The molecule has 1 amide bonds. The first-order chi connectivity index (χ1) is 11.7. The standard InChI is InChI=1S/C17H26F2N4O2/c1-5-20-16(22-11-14(24)23-17(2,3)4)21-10-12-8-6-7-9-13(12)25-15(18)19/h6-9,15H,5,10-11H2,1-4H3,(H,23,24)(H2,20,21,22). The van der Waals surface area contributed by atoms with Gasteiger partial charge in [0.1, 0.15) is 5.75 Å². The Morgan fingerprint density at radius 3 is 2.52 bits per heavy atom. The van der Waals surface area contributed by atoms with Crippen LogP contribution >= 0.6 is 0 Å². The fourth-order valence-electron chi connectivity index (χ4n) is 1.98. The molecule has 0 atom stereocenters. The van der Waals surface area contributed by atoms with E-state index in [1.807, 2.05) is 27.7 Å². The molecule has 3 N–H and O–H groups in total. The van der Waals surface area contributed by atoms with Gasteiger partial charge in [0.2, 0.25) is 5.91 Å². The number of nitrogens with one attached hydrogen (secondary N) is 3. The minimum atomic E-state index is -2.89. The molecule has 140 valence electrons. The minimum absolute atomic E-state index is 0.0539. The SMILES string of the molecule is CCNC(=NCc1ccccc1OC(F)F)NCC(=O)NC(C)(C)C. The predicted molar refractivity (Wildman–Crippen MR) is 93.8 cm³/mol. The first kappa shape index (κ1) is 20.7. The molecule has 8 heteroatoms. The predicted octanol–water partition coefficient (Wildman–Crippen LogP) is 2.26. The Hall–Kier alpha value is -2.38. The second-order valence-electron chi connectivity index (χ2n) is 6.33. The van der Waals surface area contributed by atoms with E-state index in [4.69, 9.17) is 0 Å². The zero-order chi connectivity index (χ0) is 18.9. The number of nitrogens with zero attached hydrogens (tertiary/aromatic N) is 1. The molecular weight excluding hydrogens is 330 g/mol. The highest BCUT2D eigenvalue weighted by Gasteiger charge is 2.14. The van der Waals surface area contributed by atoms with E-state index in [2.05, 4.69) is 25.7 Å². The van der Waals surface area contributed by atoms with Crippen molar-refractivity contribution in [3.05, 3.63) is 29.8 Å². The van der Waals surface area contributed by atoms with E-state index in [9.17, 15) is 13.6 Å². The van der Waals surface area contributed by atoms with E-state index in [0.29, 0.717) is 18.1 Å². The van der Waals surface area contributed by atoms with Crippen LogP contribution in [0.25, 0.3) is 0 Å².